The van der Waals surface area contributed by atoms with Crippen LogP contribution in [-0.2, 0) is 0 Å². The van der Waals surface area contributed by atoms with Gasteiger partial charge in [0.15, 0.2) is 5.96 Å². The van der Waals surface area contributed by atoms with Gasteiger partial charge in [0.2, 0.25) is 0 Å². The highest BCUT2D eigenvalue weighted by Gasteiger charge is 2.16. The van der Waals surface area contributed by atoms with Gasteiger partial charge in [-0.15, -0.1) is 0 Å². The van der Waals surface area contributed by atoms with Crippen molar-refractivity contribution in [3.63, 3.8) is 0 Å². The molecule has 0 atom stereocenters. The van der Waals surface area contributed by atoms with Crippen LogP contribution >= 0.6 is 0 Å². The van der Waals surface area contributed by atoms with Gasteiger partial charge in [-0.1, -0.05) is 0 Å². The Labute approximate surface area is 172 Å². The lowest BCUT2D eigenvalue weighted by atomic mass is 10.2. The number of halogens is 1. The Morgan fingerprint density at radius 1 is 1.07 bits per heavy atom. The number of ether oxygens (including phenoxy) is 1. The first kappa shape index (κ1) is 20.9. The molecule has 3 N–H and O–H groups in total. The molecular weight excluding hydrogens is 369 g/mol. The second-order valence-electron chi connectivity index (χ2n) is 7.39. The summed E-state index contributed by atoms with van der Waals surface area (Å²) in [5, 5.41) is 3.11. The number of benzene rings is 2. The summed E-state index contributed by atoms with van der Waals surface area (Å²) < 4.78 is 18.7. The van der Waals surface area contributed by atoms with Crippen LogP contribution in [0.15, 0.2) is 53.5 Å². The molecular formula is C22H30FN5O. The molecule has 0 aliphatic carbocycles. The second kappa shape index (κ2) is 10.1. The number of nitrogens with one attached hydrogen (secondary N) is 1. The number of piperazine rings is 1. The first-order chi connectivity index (χ1) is 14.0. The summed E-state index contributed by atoms with van der Waals surface area (Å²) in [6.45, 7) is 9.26. The van der Waals surface area contributed by atoms with E-state index < -0.39 is 0 Å². The van der Waals surface area contributed by atoms with E-state index in [2.05, 4.69) is 20.1 Å². The molecule has 1 aliphatic rings. The fraction of sp³-hybridized carbons (Fsp3) is 0.409. The van der Waals surface area contributed by atoms with Gasteiger partial charge in [-0.2, -0.15) is 0 Å². The Morgan fingerprint density at radius 3 is 2.34 bits per heavy atom. The van der Waals surface area contributed by atoms with Crippen LogP contribution in [0.4, 0.5) is 15.8 Å². The number of aliphatic imine (C=N–C) groups is 1. The van der Waals surface area contributed by atoms with Gasteiger partial charge >= 0.3 is 0 Å². The monoisotopic (exact) mass is 399 g/mol. The lowest BCUT2D eigenvalue weighted by Crippen LogP contribution is -2.47. The number of hydrogen-bond acceptors (Lipinski definition) is 4. The Kier molecular flexibility index (Phi) is 7.30. The summed E-state index contributed by atoms with van der Waals surface area (Å²) in [4.78, 5) is 9.08. The number of nitrogens with zero attached hydrogens (tertiary/aromatic N) is 3. The summed E-state index contributed by atoms with van der Waals surface area (Å²) in [5.41, 5.74) is 7.96. The van der Waals surface area contributed by atoms with Gasteiger partial charge < -0.3 is 20.7 Å². The van der Waals surface area contributed by atoms with E-state index in [1.807, 2.05) is 50.2 Å². The molecule has 1 saturated heterocycles. The third-order valence-electron chi connectivity index (χ3n) is 4.76. The van der Waals surface area contributed by atoms with E-state index in [1.165, 1.54) is 12.1 Å². The highest BCUT2D eigenvalue weighted by Crippen LogP contribution is 2.17. The maximum absolute atomic E-state index is 13.1. The van der Waals surface area contributed by atoms with Gasteiger partial charge in [-0.3, -0.25) is 9.89 Å². The minimum atomic E-state index is -0.198. The first-order valence-corrected chi connectivity index (χ1v) is 10.1. The van der Waals surface area contributed by atoms with Crippen molar-refractivity contribution in [3.05, 3.63) is 54.3 Å². The summed E-state index contributed by atoms with van der Waals surface area (Å²) in [5.74, 6) is 1.05. The van der Waals surface area contributed by atoms with Gasteiger partial charge in [0, 0.05) is 44.1 Å². The highest BCUT2D eigenvalue weighted by molar-refractivity contribution is 5.92. The third kappa shape index (κ3) is 6.64. The molecule has 1 heterocycles. The van der Waals surface area contributed by atoms with Crippen LogP contribution in [0.2, 0.25) is 0 Å². The van der Waals surface area contributed by atoms with Crippen molar-refractivity contribution in [2.75, 3.05) is 49.5 Å². The van der Waals surface area contributed by atoms with Crippen molar-refractivity contribution in [1.82, 2.24) is 4.90 Å². The molecule has 0 amide bonds. The summed E-state index contributed by atoms with van der Waals surface area (Å²) in [7, 11) is 0. The van der Waals surface area contributed by atoms with E-state index in [4.69, 9.17) is 10.5 Å². The van der Waals surface area contributed by atoms with Crippen LogP contribution in [0.1, 0.15) is 13.8 Å². The van der Waals surface area contributed by atoms with Crippen molar-refractivity contribution in [2.45, 2.75) is 20.0 Å². The molecule has 7 heteroatoms. The molecule has 29 heavy (non-hydrogen) atoms. The minimum absolute atomic E-state index is 0.151. The number of guanidine groups is 1. The number of anilines is 2. The average Bonchev–Trinajstić information content (AvgIpc) is 2.70. The zero-order valence-corrected chi connectivity index (χ0v) is 17.1. The molecule has 0 unspecified atom stereocenters. The van der Waals surface area contributed by atoms with E-state index in [1.54, 1.807) is 0 Å². The smallest absolute Gasteiger partial charge is 0.193 e. The molecule has 0 bridgehead atoms. The quantitative estimate of drug-likeness (QED) is 0.553. The van der Waals surface area contributed by atoms with Crippen molar-refractivity contribution >= 4 is 17.3 Å². The van der Waals surface area contributed by atoms with Crippen LogP contribution in [0.3, 0.4) is 0 Å². The van der Waals surface area contributed by atoms with Gasteiger partial charge in [0.25, 0.3) is 0 Å². The highest BCUT2D eigenvalue weighted by atomic mass is 19.1. The van der Waals surface area contributed by atoms with E-state index >= 15 is 0 Å². The molecule has 0 spiro atoms. The fourth-order valence-corrected chi connectivity index (χ4v) is 3.27. The third-order valence-corrected chi connectivity index (χ3v) is 4.76. The second-order valence-corrected chi connectivity index (χ2v) is 7.39. The Balaban J connectivity index is 1.39. The lowest BCUT2D eigenvalue weighted by Gasteiger charge is -2.35. The summed E-state index contributed by atoms with van der Waals surface area (Å²) in [6.07, 6.45) is 0.151. The molecule has 1 fully saturated rings. The average molecular weight is 400 g/mol. The molecule has 2 aromatic carbocycles. The predicted molar refractivity (Wildman–Crippen MR) is 117 cm³/mol. The Bertz CT molecular complexity index is 784. The summed E-state index contributed by atoms with van der Waals surface area (Å²) >= 11 is 0. The number of hydrogen-bond donors (Lipinski definition) is 2. The van der Waals surface area contributed by atoms with Gasteiger partial charge in [-0.05, 0) is 62.4 Å². The fourth-order valence-electron chi connectivity index (χ4n) is 3.27. The van der Waals surface area contributed by atoms with Crippen molar-refractivity contribution in [3.8, 4) is 5.75 Å². The van der Waals surface area contributed by atoms with E-state index in [0.717, 1.165) is 49.8 Å². The van der Waals surface area contributed by atoms with E-state index in [9.17, 15) is 4.39 Å². The van der Waals surface area contributed by atoms with Crippen molar-refractivity contribution in [2.24, 2.45) is 10.7 Å². The molecule has 3 rings (SSSR count). The lowest BCUT2D eigenvalue weighted by molar-refractivity contribution is 0.242. The van der Waals surface area contributed by atoms with E-state index in [-0.39, 0.29) is 11.9 Å². The maximum Gasteiger partial charge on any atom is 0.193 e. The van der Waals surface area contributed by atoms with Crippen LogP contribution in [0.25, 0.3) is 0 Å². The molecule has 156 valence electrons. The van der Waals surface area contributed by atoms with Gasteiger partial charge in [0.1, 0.15) is 11.6 Å². The zero-order chi connectivity index (χ0) is 20.6. The van der Waals surface area contributed by atoms with Crippen LogP contribution < -0.4 is 20.7 Å². The summed E-state index contributed by atoms with van der Waals surface area (Å²) in [6, 6.07) is 14.4. The van der Waals surface area contributed by atoms with Crippen LogP contribution in [0.5, 0.6) is 5.75 Å². The van der Waals surface area contributed by atoms with Crippen LogP contribution in [-0.4, -0.2) is 56.2 Å². The number of nitrogens with two attached hydrogens (primary N) is 1. The van der Waals surface area contributed by atoms with Crippen LogP contribution in [0, 0.1) is 5.82 Å². The van der Waals surface area contributed by atoms with Gasteiger partial charge in [-0.25, -0.2) is 4.39 Å². The van der Waals surface area contributed by atoms with Crippen molar-refractivity contribution < 1.29 is 9.13 Å². The SMILES string of the molecule is CC(C)Oc1ccc(NC(N)=NCCN2CCN(c3ccc(F)cc3)CC2)cc1. The molecule has 2 aromatic rings. The normalized spacial score (nSPS) is 15.6. The minimum Gasteiger partial charge on any atom is -0.491 e. The topological polar surface area (TPSA) is 66.1 Å². The largest absolute Gasteiger partial charge is 0.491 e. The number of rotatable bonds is 7. The first-order valence-electron chi connectivity index (χ1n) is 10.1. The predicted octanol–water partition coefficient (Wildman–Crippen LogP) is 3.16. The molecule has 6 nitrogen and oxygen atoms in total. The zero-order valence-electron chi connectivity index (χ0n) is 17.1. The Morgan fingerprint density at radius 2 is 1.72 bits per heavy atom. The Hall–Kier alpha value is -2.80. The molecule has 0 radical (unpaired) electrons. The maximum atomic E-state index is 13.1. The molecule has 0 aromatic heterocycles. The standard InChI is InChI=1S/C22H30FN5O/c1-17(2)29-21-9-5-19(6-10-21)26-22(24)25-11-12-27-13-15-28(16-14-27)20-7-3-18(23)4-8-20/h3-10,17H,11-16H2,1-2H3,(H3,24,25,26). The molecule has 1 aliphatic heterocycles. The van der Waals surface area contributed by atoms with Gasteiger partial charge in [0.05, 0.1) is 12.6 Å². The van der Waals surface area contributed by atoms with E-state index in [0.29, 0.717) is 12.5 Å². The molecule has 0 saturated carbocycles. The van der Waals surface area contributed by atoms with Crippen molar-refractivity contribution in [1.29, 1.82) is 0 Å².